The zero-order valence-corrected chi connectivity index (χ0v) is 13.1. The number of hydrogen-bond acceptors (Lipinski definition) is 3. The topological polar surface area (TPSA) is 53.4 Å². The Morgan fingerprint density at radius 3 is 2.82 bits per heavy atom. The minimum absolute atomic E-state index is 0.0513. The van der Waals surface area contributed by atoms with E-state index in [0.717, 1.165) is 27.7 Å². The molecule has 1 aliphatic heterocycles. The Balaban J connectivity index is 2.16. The predicted molar refractivity (Wildman–Crippen MR) is 87.0 cm³/mol. The summed E-state index contributed by atoms with van der Waals surface area (Å²) in [6.07, 6.45) is 3.80. The van der Waals surface area contributed by atoms with Crippen LogP contribution in [0.15, 0.2) is 30.4 Å². The molecule has 1 aromatic carbocycles. The molecule has 1 aliphatic rings. The number of aryl methyl sites for hydroxylation is 3. The van der Waals surface area contributed by atoms with Gasteiger partial charge in [-0.25, -0.2) is 0 Å². The predicted octanol–water partition coefficient (Wildman–Crippen LogP) is 2.53. The second kappa shape index (κ2) is 5.54. The highest BCUT2D eigenvalue weighted by molar-refractivity contribution is 6.07. The lowest BCUT2D eigenvalue weighted by atomic mass is 10.0. The average molecular weight is 296 g/mol. The molecule has 0 saturated heterocycles. The van der Waals surface area contributed by atoms with Crippen LogP contribution in [0.3, 0.4) is 0 Å². The summed E-state index contributed by atoms with van der Waals surface area (Å²) < 4.78 is 0. The fourth-order valence-corrected chi connectivity index (χ4v) is 3.10. The lowest BCUT2D eigenvalue weighted by molar-refractivity contribution is 0.0702. The number of benzene rings is 1. The molecular weight excluding hydrogens is 276 g/mol. The second-order valence-corrected chi connectivity index (χ2v) is 5.92. The van der Waals surface area contributed by atoms with Gasteiger partial charge in [0, 0.05) is 17.6 Å². The number of carbonyl (C=O) groups excluding carboxylic acids is 1. The minimum Gasteiger partial charge on any atom is -0.394 e. The molecule has 2 aromatic rings. The summed E-state index contributed by atoms with van der Waals surface area (Å²) >= 11 is 0. The van der Waals surface area contributed by atoms with Crippen LogP contribution in [0.25, 0.3) is 10.9 Å². The van der Waals surface area contributed by atoms with Crippen LogP contribution in [0.5, 0.6) is 0 Å². The van der Waals surface area contributed by atoms with Crippen LogP contribution < -0.4 is 0 Å². The van der Waals surface area contributed by atoms with Gasteiger partial charge in [-0.05, 0) is 38.5 Å². The maximum absolute atomic E-state index is 13.0. The standard InChI is InChI=1S/C18H20N2O2/c1-11-7-12(2)17-15(8-11)16(9-13(3)19-17)18(22)20-6-4-5-14(20)10-21/h4-5,7-9,14,21H,6,10H2,1-3H3/t14-/m1/s1. The van der Waals surface area contributed by atoms with E-state index in [2.05, 4.69) is 11.1 Å². The first-order valence-electron chi connectivity index (χ1n) is 7.48. The molecule has 22 heavy (non-hydrogen) atoms. The molecule has 3 rings (SSSR count). The van der Waals surface area contributed by atoms with Crippen molar-refractivity contribution in [1.82, 2.24) is 9.88 Å². The van der Waals surface area contributed by atoms with Crippen LogP contribution in [0.2, 0.25) is 0 Å². The molecule has 0 radical (unpaired) electrons. The van der Waals surface area contributed by atoms with Crippen molar-refractivity contribution < 1.29 is 9.90 Å². The first-order valence-corrected chi connectivity index (χ1v) is 7.48. The lowest BCUT2D eigenvalue weighted by Crippen LogP contribution is -2.38. The molecular formula is C18H20N2O2. The molecule has 0 aliphatic carbocycles. The first kappa shape index (κ1) is 14.7. The summed E-state index contributed by atoms with van der Waals surface area (Å²) in [5.41, 5.74) is 4.56. The first-order chi connectivity index (χ1) is 10.5. The smallest absolute Gasteiger partial charge is 0.255 e. The number of rotatable bonds is 2. The third-order valence-electron chi connectivity index (χ3n) is 4.12. The Kier molecular flexibility index (Phi) is 3.71. The number of aliphatic hydroxyl groups excluding tert-OH is 1. The Hall–Kier alpha value is -2.20. The zero-order valence-electron chi connectivity index (χ0n) is 13.1. The van der Waals surface area contributed by atoms with Crippen molar-refractivity contribution in [3.63, 3.8) is 0 Å². The van der Waals surface area contributed by atoms with Gasteiger partial charge in [0.2, 0.25) is 0 Å². The molecule has 1 atom stereocenters. The van der Waals surface area contributed by atoms with Crippen molar-refractivity contribution in [2.24, 2.45) is 0 Å². The number of aromatic nitrogens is 1. The van der Waals surface area contributed by atoms with Gasteiger partial charge in [-0.2, -0.15) is 0 Å². The van der Waals surface area contributed by atoms with E-state index < -0.39 is 0 Å². The van der Waals surface area contributed by atoms with E-state index in [0.29, 0.717) is 12.1 Å². The number of carbonyl (C=O) groups is 1. The van der Waals surface area contributed by atoms with Crippen molar-refractivity contribution in [3.8, 4) is 0 Å². The van der Waals surface area contributed by atoms with Crippen LogP contribution in [0, 0.1) is 20.8 Å². The Bertz CT molecular complexity index is 780. The number of aliphatic hydroxyl groups is 1. The van der Waals surface area contributed by atoms with Crippen molar-refractivity contribution in [2.45, 2.75) is 26.8 Å². The number of nitrogens with zero attached hydrogens (tertiary/aromatic N) is 2. The Labute approximate surface area is 130 Å². The molecule has 0 bridgehead atoms. The summed E-state index contributed by atoms with van der Waals surface area (Å²) in [6.45, 7) is 6.43. The molecule has 1 amide bonds. The summed E-state index contributed by atoms with van der Waals surface area (Å²) in [6, 6.07) is 5.70. The molecule has 0 unspecified atom stereocenters. The van der Waals surface area contributed by atoms with E-state index in [4.69, 9.17) is 0 Å². The third-order valence-corrected chi connectivity index (χ3v) is 4.12. The number of pyridine rings is 1. The van der Waals surface area contributed by atoms with Gasteiger partial charge < -0.3 is 10.0 Å². The molecule has 1 aromatic heterocycles. The number of hydrogen-bond donors (Lipinski definition) is 1. The highest BCUT2D eigenvalue weighted by atomic mass is 16.3. The molecule has 4 nitrogen and oxygen atoms in total. The van der Waals surface area contributed by atoms with Crippen LogP contribution in [-0.2, 0) is 0 Å². The van der Waals surface area contributed by atoms with Crippen molar-refractivity contribution in [3.05, 3.63) is 52.7 Å². The van der Waals surface area contributed by atoms with Crippen LogP contribution in [-0.4, -0.2) is 40.1 Å². The molecule has 114 valence electrons. The van der Waals surface area contributed by atoms with E-state index in [-0.39, 0.29) is 18.6 Å². The maximum Gasteiger partial charge on any atom is 0.255 e. The maximum atomic E-state index is 13.0. The van der Waals surface area contributed by atoms with Crippen LogP contribution >= 0.6 is 0 Å². The molecule has 1 N–H and O–H groups in total. The highest BCUT2D eigenvalue weighted by Gasteiger charge is 2.26. The van der Waals surface area contributed by atoms with Gasteiger partial charge in [0.1, 0.15) is 0 Å². The van der Waals surface area contributed by atoms with Gasteiger partial charge in [-0.3, -0.25) is 9.78 Å². The summed E-state index contributed by atoms with van der Waals surface area (Å²) in [4.78, 5) is 19.2. The van der Waals surface area contributed by atoms with Gasteiger partial charge in [0.05, 0.1) is 23.7 Å². The van der Waals surface area contributed by atoms with E-state index in [1.807, 2.05) is 45.1 Å². The van der Waals surface area contributed by atoms with E-state index in [1.165, 1.54) is 0 Å². The summed E-state index contributed by atoms with van der Waals surface area (Å²) in [5, 5.41) is 10.3. The van der Waals surface area contributed by atoms with Gasteiger partial charge >= 0.3 is 0 Å². The minimum atomic E-state index is -0.234. The monoisotopic (exact) mass is 296 g/mol. The largest absolute Gasteiger partial charge is 0.394 e. The summed E-state index contributed by atoms with van der Waals surface area (Å²) in [7, 11) is 0. The fraction of sp³-hybridized carbons (Fsp3) is 0.333. The van der Waals surface area contributed by atoms with Gasteiger partial charge in [-0.1, -0.05) is 23.8 Å². The molecule has 0 fully saturated rings. The third kappa shape index (κ3) is 2.40. The average Bonchev–Trinajstić information content (AvgIpc) is 2.95. The van der Waals surface area contributed by atoms with Crippen molar-refractivity contribution in [1.29, 1.82) is 0 Å². The van der Waals surface area contributed by atoms with E-state index in [1.54, 1.807) is 4.90 Å². The lowest BCUT2D eigenvalue weighted by Gasteiger charge is -2.24. The zero-order chi connectivity index (χ0) is 15.9. The van der Waals surface area contributed by atoms with Crippen molar-refractivity contribution in [2.75, 3.05) is 13.2 Å². The SMILES string of the molecule is Cc1cc(C)c2nc(C)cc(C(=O)N3CC=C[C@@H]3CO)c2c1. The van der Waals surface area contributed by atoms with Gasteiger partial charge in [-0.15, -0.1) is 0 Å². The fourth-order valence-electron chi connectivity index (χ4n) is 3.10. The number of amides is 1. The normalized spacial score (nSPS) is 17.5. The Morgan fingerprint density at radius 2 is 2.09 bits per heavy atom. The molecule has 2 heterocycles. The van der Waals surface area contributed by atoms with E-state index >= 15 is 0 Å². The molecule has 0 spiro atoms. The van der Waals surface area contributed by atoms with Gasteiger partial charge in [0.15, 0.2) is 0 Å². The molecule has 0 saturated carbocycles. The number of fused-ring (bicyclic) bond motifs is 1. The summed E-state index contributed by atoms with van der Waals surface area (Å²) in [5.74, 6) is -0.0513. The molecule has 4 heteroatoms. The highest BCUT2D eigenvalue weighted by Crippen LogP contribution is 2.26. The Morgan fingerprint density at radius 1 is 1.32 bits per heavy atom. The van der Waals surface area contributed by atoms with E-state index in [9.17, 15) is 9.90 Å². The quantitative estimate of drug-likeness (QED) is 0.866. The van der Waals surface area contributed by atoms with Gasteiger partial charge in [0.25, 0.3) is 5.91 Å². The van der Waals surface area contributed by atoms with Crippen LogP contribution in [0.4, 0.5) is 0 Å². The second-order valence-electron chi connectivity index (χ2n) is 5.92. The van der Waals surface area contributed by atoms with Crippen molar-refractivity contribution >= 4 is 16.8 Å². The van der Waals surface area contributed by atoms with Crippen LogP contribution in [0.1, 0.15) is 27.2 Å².